The number of para-hydroxylation sites is 4. The van der Waals surface area contributed by atoms with E-state index in [4.69, 9.17) is 6.57 Å². The van der Waals surface area contributed by atoms with E-state index >= 15 is 0 Å². The summed E-state index contributed by atoms with van der Waals surface area (Å²) >= 11 is 0. The fourth-order valence-electron chi connectivity index (χ4n) is 7.42. The molecular weight excluding hydrogens is 585 g/mol. The number of fused-ring (bicyclic) bond motifs is 6. The van der Waals surface area contributed by atoms with Gasteiger partial charge in [0, 0.05) is 27.2 Å². The van der Waals surface area contributed by atoms with Gasteiger partial charge in [0.15, 0.2) is 5.69 Å². The molecule has 48 heavy (non-hydrogen) atoms. The molecule has 4 heteroatoms. The van der Waals surface area contributed by atoms with Crippen molar-refractivity contribution in [2.45, 2.75) is 0 Å². The summed E-state index contributed by atoms with van der Waals surface area (Å²) in [5.74, 6) is 0. The first-order chi connectivity index (χ1) is 23.8. The van der Waals surface area contributed by atoms with Crippen LogP contribution in [0.25, 0.3) is 82.1 Å². The summed E-state index contributed by atoms with van der Waals surface area (Å²) in [5, 5.41) is 14.4. The van der Waals surface area contributed by atoms with Crippen LogP contribution in [0.3, 0.4) is 0 Å². The number of aromatic nitrogens is 2. The summed E-state index contributed by atoms with van der Waals surface area (Å²) in [6, 6.07) is 56.5. The van der Waals surface area contributed by atoms with Crippen molar-refractivity contribution in [3.8, 4) is 39.7 Å². The second-order valence-electron chi connectivity index (χ2n) is 11.9. The van der Waals surface area contributed by atoms with E-state index in [1.165, 1.54) is 10.8 Å². The third-order valence-corrected chi connectivity index (χ3v) is 9.39. The Morgan fingerprint density at radius 3 is 1.83 bits per heavy atom. The molecule has 0 atom stereocenters. The predicted molar refractivity (Wildman–Crippen MR) is 197 cm³/mol. The highest BCUT2D eigenvalue weighted by molar-refractivity contribution is 6.12. The Labute approximate surface area is 277 Å². The molecule has 0 saturated carbocycles. The monoisotopic (exact) mass is 610 g/mol. The number of nitriles is 1. The Hall–Kier alpha value is -6.88. The molecule has 0 fully saturated rings. The number of rotatable bonds is 4. The SMILES string of the molecule is [C-]#[N+]c1cccc(-c2cccc(-n3c4ccccc4c4c(C#N)cccc43)c2)c1-c1ccccc1-n1c2ccccc2c2ccccc21. The molecule has 2 aromatic heterocycles. The van der Waals surface area contributed by atoms with Gasteiger partial charge in [-0.25, -0.2) is 4.85 Å². The van der Waals surface area contributed by atoms with Gasteiger partial charge < -0.3 is 9.13 Å². The second-order valence-corrected chi connectivity index (χ2v) is 11.9. The lowest BCUT2D eigenvalue weighted by atomic mass is 9.91. The van der Waals surface area contributed by atoms with E-state index in [0.29, 0.717) is 11.3 Å². The summed E-state index contributed by atoms with van der Waals surface area (Å²) in [6.07, 6.45) is 0. The molecule has 7 aromatic carbocycles. The van der Waals surface area contributed by atoms with E-state index in [9.17, 15) is 5.26 Å². The Kier molecular flexibility index (Phi) is 6.22. The molecule has 0 N–H and O–H groups in total. The van der Waals surface area contributed by atoms with E-state index in [0.717, 1.165) is 66.5 Å². The molecule has 2 heterocycles. The minimum atomic E-state index is 0.599. The Balaban J connectivity index is 1.30. The van der Waals surface area contributed by atoms with Gasteiger partial charge in [-0.2, -0.15) is 5.26 Å². The van der Waals surface area contributed by atoms with Gasteiger partial charge in [0.25, 0.3) is 0 Å². The first-order valence-electron chi connectivity index (χ1n) is 15.9. The molecule has 0 radical (unpaired) electrons. The molecule has 9 rings (SSSR count). The average Bonchev–Trinajstić information content (AvgIpc) is 3.68. The second kappa shape index (κ2) is 10.9. The van der Waals surface area contributed by atoms with Gasteiger partial charge in [-0.1, -0.05) is 109 Å². The normalized spacial score (nSPS) is 11.3. The van der Waals surface area contributed by atoms with Crippen LogP contribution >= 0.6 is 0 Å². The highest BCUT2D eigenvalue weighted by Gasteiger charge is 2.21. The number of benzene rings is 7. The zero-order valence-corrected chi connectivity index (χ0v) is 25.8. The van der Waals surface area contributed by atoms with Crippen LogP contribution in [0.2, 0.25) is 0 Å². The molecule has 0 saturated heterocycles. The van der Waals surface area contributed by atoms with Crippen LogP contribution < -0.4 is 0 Å². The summed E-state index contributed by atoms with van der Waals surface area (Å²) in [5.41, 5.74) is 11.4. The number of nitrogens with zero attached hydrogens (tertiary/aromatic N) is 4. The Morgan fingerprint density at radius 2 is 1.10 bits per heavy atom. The largest absolute Gasteiger partial charge is 0.309 e. The molecule has 0 amide bonds. The molecule has 0 spiro atoms. The van der Waals surface area contributed by atoms with Gasteiger partial charge in [0.2, 0.25) is 0 Å². The van der Waals surface area contributed by atoms with Crippen molar-refractivity contribution in [1.82, 2.24) is 9.13 Å². The summed E-state index contributed by atoms with van der Waals surface area (Å²) in [6.45, 7) is 8.26. The first kappa shape index (κ1) is 27.4. The average molecular weight is 611 g/mol. The van der Waals surface area contributed by atoms with Crippen LogP contribution in [0.4, 0.5) is 5.69 Å². The predicted octanol–water partition coefficient (Wildman–Crippen LogP) is 11.6. The van der Waals surface area contributed by atoms with Crippen LogP contribution in [0.5, 0.6) is 0 Å². The highest BCUT2D eigenvalue weighted by atomic mass is 15.0. The molecule has 0 aliphatic rings. The van der Waals surface area contributed by atoms with Crippen molar-refractivity contribution in [2.24, 2.45) is 0 Å². The van der Waals surface area contributed by atoms with E-state index in [1.54, 1.807) is 0 Å². The van der Waals surface area contributed by atoms with Crippen molar-refractivity contribution in [2.75, 3.05) is 0 Å². The van der Waals surface area contributed by atoms with Gasteiger partial charge in [-0.05, 0) is 70.8 Å². The van der Waals surface area contributed by atoms with Crippen LogP contribution in [-0.2, 0) is 0 Å². The number of hydrogen-bond donors (Lipinski definition) is 0. The zero-order valence-electron chi connectivity index (χ0n) is 25.8. The van der Waals surface area contributed by atoms with Gasteiger partial charge in [-0.3, -0.25) is 0 Å². The minimum absolute atomic E-state index is 0.599. The number of hydrogen-bond acceptors (Lipinski definition) is 1. The van der Waals surface area contributed by atoms with E-state index in [-0.39, 0.29) is 0 Å². The first-order valence-corrected chi connectivity index (χ1v) is 15.9. The van der Waals surface area contributed by atoms with Gasteiger partial charge >= 0.3 is 0 Å². The molecule has 0 bridgehead atoms. The third-order valence-electron chi connectivity index (χ3n) is 9.39. The summed E-state index contributed by atoms with van der Waals surface area (Å²) < 4.78 is 4.56. The van der Waals surface area contributed by atoms with Gasteiger partial charge in [-0.15, -0.1) is 0 Å². The fourth-order valence-corrected chi connectivity index (χ4v) is 7.42. The fraction of sp³-hybridized carbons (Fsp3) is 0. The molecule has 4 nitrogen and oxygen atoms in total. The van der Waals surface area contributed by atoms with Gasteiger partial charge in [0.1, 0.15) is 0 Å². The molecule has 0 aliphatic carbocycles. The van der Waals surface area contributed by atoms with Crippen LogP contribution in [0, 0.1) is 17.9 Å². The van der Waals surface area contributed by atoms with E-state index in [1.807, 2.05) is 36.4 Å². The maximum Gasteiger partial charge on any atom is 0.195 e. The van der Waals surface area contributed by atoms with Crippen molar-refractivity contribution in [1.29, 1.82) is 5.26 Å². The third kappa shape index (κ3) is 4.01. The van der Waals surface area contributed by atoms with Crippen molar-refractivity contribution in [3.05, 3.63) is 175 Å². The topological polar surface area (TPSA) is 38.0 Å². The Morgan fingerprint density at radius 1 is 0.521 bits per heavy atom. The van der Waals surface area contributed by atoms with Crippen LogP contribution in [0.15, 0.2) is 158 Å². The van der Waals surface area contributed by atoms with Crippen LogP contribution in [0.1, 0.15) is 5.56 Å². The van der Waals surface area contributed by atoms with E-state index < -0.39 is 0 Å². The van der Waals surface area contributed by atoms with Crippen molar-refractivity contribution < 1.29 is 0 Å². The van der Waals surface area contributed by atoms with Crippen molar-refractivity contribution in [3.63, 3.8) is 0 Å². The zero-order chi connectivity index (χ0) is 32.2. The highest BCUT2D eigenvalue weighted by Crippen LogP contribution is 2.44. The minimum Gasteiger partial charge on any atom is -0.309 e. The lowest BCUT2D eigenvalue weighted by Crippen LogP contribution is -1.98. The molecule has 0 aliphatic heterocycles. The van der Waals surface area contributed by atoms with Crippen molar-refractivity contribution >= 4 is 49.3 Å². The quantitative estimate of drug-likeness (QED) is 0.183. The van der Waals surface area contributed by atoms with E-state index in [2.05, 4.69) is 141 Å². The lowest BCUT2D eigenvalue weighted by Gasteiger charge is -2.19. The molecule has 222 valence electrons. The lowest BCUT2D eigenvalue weighted by molar-refractivity contribution is 1.18. The summed E-state index contributed by atoms with van der Waals surface area (Å²) in [7, 11) is 0. The Bertz CT molecular complexity index is 2760. The summed E-state index contributed by atoms with van der Waals surface area (Å²) in [4.78, 5) is 4.06. The standard InChI is InChI=1S/C44H26N4/c1-46-37-21-12-20-32(29-13-10-15-31(27-29)47-40-24-8-4-18-35(40)43-30(28-45)14-11-26-42(43)47)44(37)36-19-5-9-25-41(36)48-38-22-6-2-16-33(38)34-17-3-7-23-39(34)48/h2-27H. The van der Waals surface area contributed by atoms with Crippen LogP contribution in [-0.4, -0.2) is 9.13 Å². The molecule has 9 aromatic rings. The maximum atomic E-state index is 9.98. The van der Waals surface area contributed by atoms with Gasteiger partial charge in [0.05, 0.1) is 46.0 Å². The maximum absolute atomic E-state index is 9.98. The smallest absolute Gasteiger partial charge is 0.195 e. The molecule has 0 unspecified atom stereocenters. The molecular formula is C44H26N4.